The van der Waals surface area contributed by atoms with Gasteiger partial charge in [-0.05, 0) is 24.9 Å². The summed E-state index contributed by atoms with van der Waals surface area (Å²) >= 11 is 0. The van der Waals surface area contributed by atoms with Crippen molar-refractivity contribution in [2.75, 3.05) is 33.7 Å². The molecule has 1 aromatic carbocycles. The van der Waals surface area contributed by atoms with Gasteiger partial charge in [0.05, 0.1) is 30.7 Å². The first-order valence-corrected chi connectivity index (χ1v) is 9.01. The quantitative estimate of drug-likeness (QED) is 0.888. The van der Waals surface area contributed by atoms with Crippen LogP contribution < -0.4 is 0 Å². The maximum Gasteiger partial charge on any atom is 0.236 e. The maximum atomic E-state index is 12.0. The minimum atomic E-state index is 0.0373. The number of rotatable bonds is 5. The molecule has 0 saturated carbocycles. The van der Waals surface area contributed by atoms with Gasteiger partial charge in [0.1, 0.15) is 0 Å². The fraction of sp³-hybridized carbons (Fsp3) is 0.450. The molecule has 2 heterocycles. The summed E-state index contributed by atoms with van der Waals surface area (Å²) in [5, 5.41) is 9.18. The summed E-state index contributed by atoms with van der Waals surface area (Å²) < 4.78 is 0. The van der Waals surface area contributed by atoms with Crippen molar-refractivity contribution in [1.82, 2.24) is 19.8 Å². The molecular weight excluding hydrogens is 328 g/mol. The number of nitrogens with zero attached hydrogens (tertiary/aromatic N) is 4. The van der Waals surface area contributed by atoms with Gasteiger partial charge < -0.3 is 10.0 Å². The molecule has 2 aromatic rings. The van der Waals surface area contributed by atoms with E-state index in [1.54, 1.807) is 25.2 Å². The van der Waals surface area contributed by atoms with Gasteiger partial charge in [-0.3, -0.25) is 14.7 Å². The number of carbonyl (C=O) groups is 1. The Kier molecular flexibility index (Phi) is 5.96. The van der Waals surface area contributed by atoms with Crippen molar-refractivity contribution < 1.29 is 9.90 Å². The summed E-state index contributed by atoms with van der Waals surface area (Å²) in [5.74, 6) is 0.428. The summed E-state index contributed by atoms with van der Waals surface area (Å²) in [6.07, 6.45) is 5.73. The van der Waals surface area contributed by atoms with E-state index in [0.717, 1.165) is 48.4 Å². The lowest BCUT2D eigenvalue weighted by Gasteiger charge is -2.32. The Morgan fingerprint density at radius 1 is 1.27 bits per heavy atom. The van der Waals surface area contributed by atoms with Crippen LogP contribution in [-0.2, 0) is 11.4 Å². The number of carbonyl (C=O) groups excluding carboxylic acids is 1. The number of aliphatic hydroxyl groups is 1. The highest BCUT2D eigenvalue weighted by Gasteiger charge is 2.24. The predicted octanol–water partition coefficient (Wildman–Crippen LogP) is 1.90. The third-order valence-electron chi connectivity index (χ3n) is 4.87. The highest BCUT2D eigenvalue weighted by atomic mass is 16.3. The Labute approximate surface area is 154 Å². The molecule has 1 fully saturated rings. The number of amides is 1. The number of hydrogen-bond donors (Lipinski definition) is 1. The number of hydrogen-bond acceptors (Lipinski definition) is 5. The monoisotopic (exact) mass is 354 g/mol. The zero-order valence-corrected chi connectivity index (χ0v) is 15.4. The third kappa shape index (κ3) is 4.45. The largest absolute Gasteiger partial charge is 0.392 e. The zero-order valence-electron chi connectivity index (χ0n) is 15.4. The fourth-order valence-corrected chi connectivity index (χ4v) is 3.27. The van der Waals surface area contributed by atoms with Crippen LogP contribution in [0.3, 0.4) is 0 Å². The molecule has 1 aliphatic rings. The topological polar surface area (TPSA) is 69.6 Å². The summed E-state index contributed by atoms with van der Waals surface area (Å²) in [6.45, 7) is 2.28. The first-order chi connectivity index (χ1) is 12.6. The first-order valence-electron chi connectivity index (χ1n) is 9.01. The van der Waals surface area contributed by atoms with Crippen LogP contribution in [0.2, 0.25) is 0 Å². The number of likely N-dealkylation sites (tertiary alicyclic amines) is 1. The highest BCUT2D eigenvalue weighted by Crippen LogP contribution is 2.27. The minimum Gasteiger partial charge on any atom is -0.392 e. The van der Waals surface area contributed by atoms with Crippen molar-refractivity contribution in [1.29, 1.82) is 0 Å². The van der Waals surface area contributed by atoms with E-state index >= 15 is 0 Å². The number of aliphatic hydroxyl groups excluding tert-OH is 1. The Balaban J connectivity index is 1.73. The van der Waals surface area contributed by atoms with Crippen LogP contribution in [0.4, 0.5) is 0 Å². The Morgan fingerprint density at radius 3 is 2.73 bits per heavy atom. The normalized spacial score (nSPS) is 17.9. The number of aromatic nitrogens is 2. The molecule has 0 bridgehead atoms. The van der Waals surface area contributed by atoms with Crippen LogP contribution in [0.1, 0.15) is 30.0 Å². The van der Waals surface area contributed by atoms with E-state index < -0.39 is 0 Å². The predicted molar refractivity (Wildman–Crippen MR) is 100 cm³/mol. The molecule has 138 valence electrons. The van der Waals surface area contributed by atoms with E-state index in [2.05, 4.69) is 9.88 Å². The van der Waals surface area contributed by atoms with Gasteiger partial charge in [-0.2, -0.15) is 0 Å². The van der Waals surface area contributed by atoms with Gasteiger partial charge in [-0.1, -0.05) is 24.3 Å². The van der Waals surface area contributed by atoms with Crippen LogP contribution in [-0.4, -0.2) is 64.5 Å². The zero-order chi connectivity index (χ0) is 18.5. The van der Waals surface area contributed by atoms with Gasteiger partial charge in [0.2, 0.25) is 5.91 Å². The number of likely N-dealkylation sites (N-methyl/N-ethyl adjacent to an activating group) is 1. The van der Waals surface area contributed by atoms with Crippen molar-refractivity contribution in [2.24, 2.45) is 0 Å². The van der Waals surface area contributed by atoms with Gasteiger partial charge >= 0.3 is 0 Å². The second kappa shape index (κ2) is 8.38. The van der Waals surface area contributed by atoms with Gasteiger partial charge in [0.25, 0.3) is 0 Å². The van der Waals surface area contributed by atoms with Crippen molar-refractivity contribution in [3.8, 4) is 11.3 Å². The number of piperidine rings is 1. The van der Waals surface area contributed by atoms with E-state index in [0.29, 0.717) is 12.5 Å². The molecule has 1 saturated heterocycles. The number of benzene rings is 1. The van der Waals surface area contributed by atoms with Gasteiger partial charge in [0.15, 0.2) is 0 Å². The SMILES string of the molecule is CN(C)C(=O)CN1CCC[C@@H](c2cncc(-c3ccc(CO)cc3)n2)C1. The second-order valence-electron chi connectivity index (χ2n) is 7.05. The standard InChI is InChI=1S/C20H26N4O2/c1-23(2)20(26)13-24-9-3-4-17(12-24)19-11-21-10-18(22-19)16-7-5-15(14-25)6-8-16/h5-8,10-11,17,25H,3-4,9,12-14H2,1-2H3/t17-/m1/s1. The lowest BCUT2D eigenvalue weighted by molar-refractivity contribution is -0.130. The van der Waals surface area contributed by atoms with Crippen molar-refractivity contribution in [3.63, 3.8) is 0 Å². The van der Waals surface area contributed by atoms with Crippen molar-refractivity contribution in [2.45, 2.75) is 25.4 Å². The molecule has 0 radical (unpaired) electrons. The molecule has 1 N–H and O–H groups in total. The smallest absolute Gasteiger partial charge is 0.236 e. The molecule has 26 heavy (non-hydrogen) atoms. The van der Waals surface area contributed by atoms with Crippen LogP contribution in [0.15, 0.2) is 36.7 Å². The van der Waals surface area contributed by atoms with Crippen LogP contribution >= 0.6 is 0 Å². The molecule has 0 spiro atoms. The summed E-state index contributed by atoms with van der Waals surface area (Å²) in [6, 6.07) is 7.72. The molecular formula is C20H26N4O2. The maximum absolute atomic E-state index is 12.0. The van der Waals surface area contributed by atoms with Crippen LogP contribution in [0.25, 0.3) is 11.3 Å². The van der Waals surface area contributed by atoms with Gasteiger partial charge in [0, 0.05) is 38.3 Å². The summed E-state index contributed by atoms with van der Waals surface area (Å²) in [4.78, 5) is 25.0. The van der Waals surface area contributed by atoms with E-state index in [4.69, 9.17) is 4.98 Å². The average molecular weight is 354 g/mol. The average Bonchev–Trinajstić information content (AvgIpc) is 2.68. The molecule has 6 nitrogen and oxygen atoms in total. The Hall–Kier alpha value is -2.31. The highest BCUT2D eigenvalue weighted by molar-refractivity contribution is 5.77. The summed E-state index contributed by atoms with van der Waals surface area (Å²) in [7, 11) is 3.58. The van der Waals surface area contributed by atoms with Crippen molar-refractivity contribution in [3.05, 3.63) is 47.9 Å². The Morgan fingerprint density at radius 2 is 2.04 bits per heavy atom. The molecule has 0 unspecified atom stereocenters. The molecule has 6 heteroatoms. The molecule has 1 aliphatic heterocycles. The third-order valence-corrected chi connectivity index (χ3v) is 4.87. The lowest BCUT2D eigenvalue weighted by atomic mass is 9.94. The minimum absolute atomic E-state index is 0.0373. The molecule has 3 rings (SSSR count). The van der Waals surface area contributed by atoms with E-state index in [1.807, 2.05) is 30.5 Å². The second-order valence-corrected chi connectivity index (χ2v) is 7.05. The lowest BCUT2D eigenvalue weighted by Crippen LogP contribution is -2.41. The molecule has 1 atom stereocenters. The first kappa shape index (κ1) is 18.5. The van der Waals surface area contributed by atoms with Crippen molar-refractivity contribution >= 4 is 5.91 Å². The van der Waals surface area contributed by atoms with E-state index in [1.165, 1.54) is 0 Å². The van der Waals surface area contributed by atoms with E-state index in [-0.39, 0.29) is 12.5 Å². The summed E-state index contributed by atoms with van der Waals surface area (Å²) in [5.41, 5.74) is 3.70. The Bertz CT molecular complexity index is 746. The molecule has 1 amide bonds. The molecule has 0 aliphatic carbocycles. The van der Waals surface area contributed by atoms with Gasteiger partial charge in [-0.15, -0.1) is 0 Å². The fourth-order valence-electron chi connectivity index (χ4n) is 3.27. The van der Waals surface area contributed by atoms with Crippen LogP contribution in [0.5, 0.6) is 0 Å². The van der Waals surface area contributed by atoms with Gasteiger partial charge in [-0.25, -0.2) is 4.98 Å². The van der Waals surface area contributed by atoms with Crippen LogP contribution in [0, 0.1) is 0 Å². The molecule has 1 aromatic heterocycles. The van der Waals surface area contributed by atoms with E-state index in [9.17, 15) is 9.90 Å².